The van der Waals surface area contributed by atoms with Crippen LogP contribution in [0.2, 0.25) is 0 Å². The molecule has 0 spiro atoms. The van der Waals surface area contributed by atoms with Crippen LogP contribution in [0.4, 0.5) is 5.69 Å². The van der Waals surface area contributed by atoms with Crippen LogP contribution in [0.3, 0.4) is 0 Å². The van der Waals surface area contributed by atoms with Crippen molar-refractivity contribution in [3.63, 3.8) is 0 Å². The van der Waals surface area contributed by atoms with Crippen LogP contribution in [-0.4, -0.2) is 18.2 Å². The van der Waals surface area contributed by atoms with Gasteiger partial charge in [-0.1, -0.05) is 38.5 Å². The molecule has 0 aliphatic carbocycles. The number of nitrogens with zero attached hydrogens (tertiary/aromatic N) is 1. The van der Waals surface area contributed by atoms with Gasteiger partial charge in [-0.25, -0.2) is 0 Å². The molecule has 100 valence electrons. The summed E-state index contributed by atoms with van der Waals surface area (Å²) in [4.78, 5) is 2.43. The van der Waals surface area contributed by atoms with Crippen molar-refractivity contribution < 1.29 is 5.11 Å². The monoisotopic (exact) mass is 247 g/mol. The van der Waals surface area contributed by atoms with E-state index in [2.05, 4.69) is 30.9 Å². The lowest BCUT2D eigenvalue weighted by Gasteiger charge is -2.40. The van der Waals surface area contributed by atoms with E-state index in [-0.39, 0.29) is 6.10 Å². The molecule has 0 bridgehead atoms. The molecule has 1 aromatic rings. The van der Waals surface area contributed by atoms with Crippen LogP contribution in [-0.2, 0) is 0 Å². The lowest BCUT2D eigenvalue weighted by atomic mass is 9.78. The molecule has 0 saturated carbocycles. The highest BCUT2D eigenvalue weighted by atomic mass is 16.3. The molecule has 2 rings (SSSR count). The number of hydrogen-bond donors (Lipinski definition) is 1. The number of para-hydroxylation sites is 1. The SMILES string of the molecule is CCC1(C)CCN(c2ccccc2C(C)O)CC1. The molecule has 0 radical (unpaired) electrons. The Balaban J connectivity index is 2.15. The minimum atomic E-state index is -0.388. The third kappa shape index (κ3) is 2.69. The van der Waals surface area contributed by atoms with E-state index in [1.807, 2.05) is 19.1 Å². The smallest absolute Gasteiger partial charge is 0.0781 e. The first kappa shape index (κ1) is 13.4. The van der Waals surface area contributed by atoms with Gasteiger partial charge in [-0.05, 0) is 31.2 Å². The summed E-state index contributed by atoms with van der Waals surface area (Å²) in [6, 6.07) is 8.24. The third-order valence-electron chi connectivity index (χ3n) is 4.55. The Morgan fingerprint density at radius 1 is 1.28 bits per heavy atom. The van der Waals surface area contributed by atoms with E-state index in [0.29, 0.717) is 5.41 Å². The molecule has 1 saturated heterocycles. The Bertz CT molecular complexity index is 392. The van der Waals surface area contributed by atoms with Crippen LogP contribution < -0.4 is 4.90 Å². The highest BCUT2D eigenvalue weighted by Crippen LogP contribution is 2.37. The van der Waals surface area contributed by atoms with Gasteiger partial charge in [0, 0.05) is 24.3 Å². The summed E-state index contributed by atoms with van der Waals surface area (Å²) < 4.78 is 0. The minimum Gasteiger partial charge on any atom is -0.389 e. The van der Waals surface area contributed by atoms with E-state index in [9.17, 15) is 5.11 Å². The second-order valence-electron chi connectivity index (χ2n) is 5.89. The summed E-state index contributed by atoms with van der Waals surface area (Å²) in [5.74, 6) is 0. The first-order valence-corrected chi connectivity index (χ1v) is 7.08. The maximum atomic E-state index is 9.86. The molecule has 1 heterocycles. The lowest BCUT2D eigenvalue weighted by molar-refractivity contribution is 0.198. The third-order valence-corrected chi connectivity index (χ3v) is 4.55. The number of benzene rings is 1. The molecular formula is C16H25NO. The van der Waals surface area contributed by atoms with Crippen molar-refractivity contribution in [2.24, 2.45) is 5.41 Å². The zero-order valence-electron chi connectivity index (χ0n) is 11.8. The number of hydrogen-bond acceptors (Lipinski definition) is 2. The van der Waals surface area contributed by atoms with Crippen molar-refractivity contribution in [2.45, 2.75) is 46.1 Å². The average Bonchev–Trinajstić information content (AvgIpc) is 2.39. The second kappa shape index (κ2) is 5.31. The van der Waals surface area contributed by atoms with E-state index in [0.717, 1.165) is 18.7 Å². The molecule has 1 unspecified atom stereocenters. The number of rotatable bonds is 3. The molecule has 2 heteroatoms. The highest BCUT2D eigenvalue weighted by molar-refractivity contribution is 5.54. The van der Waals surface area contributed by atoms with Gasteiger partial charge in [0.2, 0.25) is 0 Å². The molecule has 1 N–H and O–H groups in total. The minimum absolute atomic E-state index is 0.388. The van der Waals surface area contributed by atoms with Gasteiger partial charge in [0.1, 0.15) is 0 Å². The fraction of sp³-hybridized carbons (Fsp3) is 0.625. The Morgan fingerprint density at radius 2 is 1.89 bits per heavy atom. The molecule has 1 aliphatic rings. The molecule has 18 heavy (non-hydrogen) atoms. The summed E-state index contributed by atoms with van der Waals surface area (Å²) in [5, 5.41) is 9.86. The lowest BCUT2D eigenvalue weighted by Crippen LogP contribution is -2.38. The molecule has 0 amide bonds. The van der Waals surface area contributed by atoms with Gasteiger partial charge in [-0.15, -0.1) is 0 Å². The molecular weight excluding hydrogens is 222 g/mol. The summed E-state index contributed by atoms with van der Waals surface area (Å²) in [7, 11) is 0. The van der Waals surface area contributed by atoms with Gasteiger partial charge >= 0.3 is 0 Å². The summed E-state index contributed by atoms with van der Waals surface area (Å²) in [6.07, 6.45) is 3.37. The Hall–Kier alpha value is -1.02. The van der Waals surface area contributed by atoms with Crippen LogP contribution in [0, 0.1) is 5.41 Å². The average molecular weight is 247 g/mol. The predicted molar refractivity (Wildman–Crippen MR) is 76.9 cm³/mol. The van der Waals surface area contributed by atoms with Crippen LogP contribution in [0.5, 0.6) is 0 Å². The molecule has 0 aromatic heterocycles. The van der Waals surface area contributed by atoms with Crippen molar-refractivity contribution >= 4 is 5.69 Å². The van der Waals surface area contributed by atoms with Crippen molar-refractivity contribution in [1.29, 1.82) is 0 Å². The maximum absolute atomic E-state index is 9.86. The topological polar surface area (TPSA) is 23.5 Å². The van der Waals surface area contributed by atoms with E-state index < -0.39 is 0 Å². The van der Waals surface area contributed by atoms with Crippen LogP contribution in [0.15, 0.2) is 24.3 Å². The van der Waals surface area contributed by atoms with Crippen LogP contribution in [0.1, 0.15) is 51.7 Å². The van der Waals surface area contributed by atoms with Gasteiger partial charge in [-0.2, -0.15) is 0 Å². The summed E-state index contributed by atoms with van der Waals surface area (Å²) in [6.45, 7) is 8.74. The molecule has 1 aromatic carbocycles. The Morgan fingerprint density at radius 3 is 2.44 bits per heavy atom. The Kier molecular flexibility index (Phi) is 3.96. The quantitative estimate of drug-likeness (QED) is 0.879. The van der Waals surface area contributed by atoms with Crippen molar-refractivity contribution in [3.8, 4) is 0 Å². The highest BCUT2D eigenvalue weighted by Gasteiger charge is 2.29. The molecule has 1 fully saturated rings. The van der Waals surface area contributed by atoms with Crippen molar-refractivity contribution in [1.82, 2.24) is 0 Å². The normalized spacial score (nSPS) is 20.8. The number of aliphatic hydroxyl groups is 1. The van der Waals surface area contributed by atoms with Crippen molar-refractivity contribution in [3.05, 3.63) is 29.8 Å². The summed E-state index contributed by atoms with van der Waals surface area (Å²) in [5.41, 5.74) is 2.78. The van der Waals surface area contributed by atoms with Crippen molar-refractivity contribution in [2.75, 3.05) is 18.0 Å². The number of aliphatic hydroxyl groups excluding tert-OH is 1. The summed E-state index contributed by atoms with van der Waals surface area (Å²) >= 11 is 0. The standard InChI is InChI=1S/C16H25NO/c1-4-16(3)9-11-17(12-10-16)15-8-6-5-7-14(15)13(2)18/h5-8,13,18H,4,9-12H2,1-3H3. The second-order valence-corrected chi connectivity index (χ2v) is 5.89. The number of piperidine rings is 1. The van der Waals surface area contributed by atoms with E-state index in [1.54, 1.807) is 0 Å². The largest absolute Gasteiger partial charge is 0.389 e. The molecule has 1 aliphatic heterocycles. The van der Waals surface area contributed by atoms with Gasteiger partial charge < -0.3 is 10.0 Å². The van der Waals surface area contributed by atoms with Gasteiger partial charge in [0.15, 0.2) is 0 Å². The van der Waals surface area contributed by atoms with E-state index >= 15 is 0 Å². The van der Waals surface area contributed by atoms with Crippen LogP contribution >= 0.6 is 0 Å². The molecule has 1 atom stereocenters. The van der Waals surface area contributed by atoms with Gasteiger partial charge in [0.25, 0.3) is 0 Å². The van der Waals surface area contributed by atoms with Gasteiger partial charge in [0.05, 0.1) is 6.10 Å². The number of anilines is 1. The van der Waals surface area contributed by atoms with E-state index in [1.165, 1.54) is 24.9 Å². The zero-order valence-corrected chi connectivity index (χ0v) is 11.8. The zero-order chi connectivity index (χ0) is 13.2. The van der Waals surface area contributed by atoms with E-state index in [4.69, 9.17) is 0 Å². The first-order chi connectivity index (χ1) is 8.56. The van der Waals surface area contributed by atoms with Crippen LogP contribution in [0.25, 0.3) is 0 Å². The first-order valence-electron chi connectivity index (χ1n) is 7.08. The Labute approximate surface area is 111 Å². The van der Waals surface area contributed by atoms with Gasteiger partial charge in [-0.3, -0.25) is 0 Å². The molecule has 2 nitrogen and oxygen atoms in total. The predicted octanol–water partition coefficient (Wildman–Crippen LogP) is 3.76. The fourth-order valence-corrected chi connectivity index (χ4v) is 2.77. The fourth-order valence-electron chi connectivity index (χ4n) is 2.77. The maximum Gasteiger partial charge on any atom is 0.0781 e.